The number of aryl methyl sites for hydroxylation is 1. The molecule has 1 N–H and O–H groups in total. The predicted molar refractivity (Wildman–Crippen MR) is 55.8 cm³/mol. The number of ketones is 1. The smallest absolute Gasteiger partial charge is 0.159 e. The van der Waals surface area contributed by atoms with Crippen LogP contribution in [0, 0.1) is 6.92 Å². The number of allylic oxidation sites excluding steroid dienone is 1. The van der Waals surface area contributed by atoms with E-state index in [1.807, 2.05) is 12.1 Å². The van der Waals surface area contributed by atoms with E-state index in [1.165, 1.54) is 11.1 Å². The van der Waals surface area contributed by atoms with Crippen LogP contribution in [0.15, 0.2) is 36.5 Å². The summed E-state index contributed by atoms with van der Waals surface area (Å²) < 4.78 is 0. The van der Waals surface area contributed by atoms with Crippen LogP contribution in [0.4, 0.5) is 0 Å². The number of rotatable bonds is 1. The lowest BCUT2D eigenvalue weighted by Crippen LogP contribution is -2.23. The summed E-state index contributed by atoms with van der Waals surface area (Å²) in [6, 6.07) is 8.31. The van der Waals surface area contributed by atoms with Crippen LogP contribution >= 0.6 is 0 Å². The summed E-state index contributed by atoms with van der Waals surface area (Å²) in [5, 5.41) is 3.21. The third-order valence-corrected chi connectivity index (χ3v) is 2.54. The van der Waals surface area contributed by atoms with Gasteiger partial charge in [0.15, 0.2) is 5.78 Å². The molecule has 2 rings (SSSR count). The molecular weight excluding hydrogens is 174 g/mol. The van der Waals surface area contributed by atoms with Crippen LogP contribution in [0.3, 0.4) is 0 Å². The highest BCUT2D eigenvalue weighted by Crippen LogP contribution is 2.22. The Bertz CT molecular complexity index is 382. The molecule has 0 bridgehead atoms. The minimum Gasteiger partial charge on any atom is -0.384 e. The number of hydrogen-bond donors (Lipinski definition) is 1. The van der Waals surface area contributed by atoms with E-state index >= 15 is 0 Å². The topological polar surface area (TPSA) is 29.1 Å². The molecule has 2 heteroatoms. The van der Waals surface area contributed by atoms with Crippen molar-refractivity contribution in [2.75, 3.05) is 0 Å². The van der Waals surface area contributed by atoms with Crippen molar-refractivity contribution in [1.82, 2.24) is 5.32 Å². The highest BCUT2D eigenvalue weighted by atomic mass is 16.1. The Morgan fingerprint density at radius 3 is 2.86 bits per heavy atom. The van der Waals surface area contributed by atoms with Gasteiger partial charge in [-0.2, -0.15) is 0 Å². The van der Waals surface area contributed by atoms with Crippen molar-refractivity contribution in [3.63, 3.8) is 0 Å². The van der Waals surface area contributed by atoms with Gasteiger partial charge in [-0.15, -0.1) is 0 Å². The quantitative estimate of drug-likeness (QED) is 0.729. The number of carbonyl (C=O) groups excluding carboxylic acids is 1. The molecular formula is C12H13NO. The van der Waals surface area contributed by atoms with E-state index in [0.29, 0.717) is 6.42 Å². The number of hydrogen-bond acceptors (Lipinski definition) is 2. The van der Waals surface area contributed by atoms with Crippen LogP contribution in [0.2, 0.25) is 0 Å². The Morgan fingerprint density at radius 1 is 1.36 bits per heavy atom. The highest BCUT2D eigenvalue weighted by molar-refractivity contribution is 5.90. The molecule has 1 atom stereocenters. The van der Waals surface area contributed by atoms with E-state index in [0.717, 1.165) is 0 Å². The van der Waals surface area contributed by atoms with Crippen molar-refractivity contribution < 1.29 is 4.79 Å². The summed E-state index contributed by atoms with van der Waals surface area (Å²) >= 11 is 0. The van der Waals surface area contributed by atoms with Crippen LogP contribution in [0.1, 0.15) is 23.6 Å². The lowest BCUT2D eigenvalue weighted by molar-refractivity contribution is -0.115. The fraction of sp³-hybridized carbons (Fsp3) is 0.250. The van der Waals surface area contributed by atoms with Crippen LogP contribution in [-0.4, -0.2) is 5.78 Å². The average molecular weight is 187 g/mol. The molecule has 0 unspecified atom stereocenters. The molecule has 0 saturated heterocycles. The van der Waals surface area contributed by atoms with E-state index in [4.69, 9.17) is 0 Å². The molecule has 1 aliphatic rings. The highest BCUT2D eigenvalue weighted by Gasteiger charge is 2.17. The molecule has 0 amide bonds. The van der Waals surface area contributed by atoms with Crippen molar-refractivity contribution in [2.45, 2.75) is 19.4 Å². The van der Waals surface area contributed by atoms with Gasteiger partial charge < -0.3 is 5.32 Å². The molecule has 1 aromatic carbocycles. The molecule has 1 aliphatic heterocycles. The SMILES string of the molecule is Cc1ccccc1[C@H]1CC(=O)C=CN1. The number of nitrogens with one attached hydrogen (secondary N) is 1. The second-order valence-electron chi connectivity index (χ2n) is 3.58. The lowest BCUT2D eigenvalue weighted by atomic mass is 9.96. The predicted octanol–water partition coefficient (Wildman–Crippen LogP) is 2.11. The maximum atomic E-state index is 11.2. The van der Waals surface area contributed by atoms with Crippen LogP contribution < -0.4 is 5.32 Å². The van der Waals surface area contributed by atoms with Crippen LogP contribution in [-0.2, 0) is 4.79 Å². The van der Waals surface area contributed by atoms with Crippen molar-refractivity contribution in [2.24, 2.45) is 0 Å². The minimum atomic E-state index is 0.147. The van der Waals surface area contributed by atoms with Gasteiger partial charge in [0.2, 0.25) is 0 Å². The van der Waals surface area contributed by atoms with Crippen LogP contribution in [0.25, 0.3) is 0 Å². The first kappa shape index (κ1) is 9.00. The Morgan fingerprint density at radius 2 is 2.14 bits per heavy atom. The maximum absolute atomic E-state index is 11.2. The molecule has 2 nitrogen and oxygen atoms in total. The van der Waals surface area contributed by atoms with Crippen molar-refractivity contribution in [3.05, 3.63) is 47.7 Å². The Labute approximate surface area is 83.6 Å². The van der Waals surface area contributed by atoms with E-state index in [2.05, 4.69) is 24.4 Å². The molecule has 72 valence electrons. The normalized spacial score (nSPS) is 20.6. The van der Waals surface area contributed by atoms with E-state index in [9.17, 15) is 4.79 Å². The van der Waals surface area contributed by atoms with Crippen molar-refractivity contribution in [3.8, 4) is 0 Å². The lowest BCUT2D eigenvalue weighted by Gasteiger charge is -2.21. The number of benzene rings is 1. The van der Waals surface area contributed by atoms with Crippen molar-refractivity contribution >= 4 is 5.78 Å². The molecule has 1 heterocycles. The zero-order valence-corrected chi connectivity index (χ0v) is 8.16. The van der Waals surface area contributed by atoms with Gasteiger partial charge in [-0.05, 0) is 24.1 Å². The number of carbonyl (C=O) groups is 1. The summed E-state index contributed by atoms with van der Waals surface area (Å²) in [4.78, 5) is 11.2. The zero-order chi connectivity index (χ0) is 9.97. The second-order valence-corrected chi connectivity index (χ2v) is 3.58. The van der Waals surface area contributed by atoms with Gasteiger partial charge >= 0.3 is 0 Å². The van der Waals surface area contributed by atoms with Gasteiger partial charge in [0.05, 0.1) is 6.04 Å². The van der Waals surface area contributed by atoms with E-state index in [-0.39, 0.29) is 11.8 Å². The van der Waals surface area contributed by atoms with Gasteiger partial charge in [-0.3, -0.25) is 4.79 Å². The summed E-state index contributed by atoms with van der Waals surface area (Å²) in [5.41, 5.74) is 2.44. The van der Waals surface area contributed by atoms with Gasteiger partial charge in [-0.1, -0.05) is 24.3 Å². The molecule has 0 fully saturated rings. The molecule has 0 radical (unpaired) electrons. The Hall–Kier alpha value is -1.57. The fourth-order valence-electron chi connectivity index (χ4n) is 1.76. The largest absolute Gasteiger partial charge is 0.384 e. The summed E-state index contributed by atoms with van der Waals surface area (Å²) in [6.45, 7) is 2.07. The summed E-state index contributed by atoms with van der Waals surface area (Å²) in [7, 11) is 0. The molecule has 14 heavy (non-hydrogen) atoms. The summed E-state index contributed by atoms with van der Waals surface area (Å²) in [6.07, 6.45) is 3.89. The summed E-state index contributed by atoms with van der Waals surface area (Å²) in [5.74, 6) is 0.192. The Balaban J connectivity index is 2.28. The third-order valence-electron chi connectivity index (χ3n) is 2.54. The van der Waals surface area contributed by atoms with Gasteiger partial charge in [0, 0.05) is 12.6 Å². The molecule has 0 saturated carbocycles. The first-order valence-corrected chi connectivity index (χ1v) is 4.78. The van der Waals surface area contributed by atoms with Gasteiger partial charge in [0.25, 0.3) is 0 Å². The second kappa shape index (κ2) is 3.66. The Kier molecular flexibility index (Phi) is 2.35. The van der Waals surface area contributed by atoms with E-state index < -0.39 is 0 Å². The maximum Gasteiger partial charge on any atom is 0.159 e. The first-order valence-electron chi connectivity index (χ1n) is 4.78. The zero-order valence-electron chi connectivity index (χ0n) is 8.16. The minimum absolute atomic E-state index is 0.147. The third kappa shape index (κ3) is 1.69. The van der Waals surface area contributed by atoms with E-state index in [1.54, 1.807) is 12.3 Å². The van der Waals surface area contributed by atoms with Gasteiger partial charge in [0.1, 0.15) is 0 Å². The molecule has 0 aromatic heterocycles. The standard InChI is InChI=1S/C12H13NO/c1-9-4-2-3-5-11(9)12-8-10(14)6-7-13-12/h2-7,12-13H,8H2,1H3/t12-/m1/s1. The molecule has 0 spiro atoms. The van der Waals surface area contributed by atoms with Gasteiger partial charge in [-0.25, -0.2) is 0 Å². The van der Waals surface area contributed by atoms with Crippen LogP contribution in [0.5, 0.6) is 0 Å². The molecule has 1 aromatic rings. The average Bonchev–Trinajstić information content (AvgIpc) is 2.18. The van der Waals surface area contributed by atoms with Crippen molar-refractivity contribution in [1.29, 1.82) is 0 Å². The molecule has 0 aliphatic carbocycles. The first-order chi connectivity index (χ1) is 6.77. The fourth-order valence-corrected chi connectivity index (χ4v) is 1.76. The monoisotopic (exact) mass is 187 g/mol.